The van der Waals surface area contributed by atoms with Crippen molar-refractivity contribution in [1.82, 2.24) is 4.90 Å². The fourth-order valence-electron chi connectivity index (χ4n) is 5.65. The number of ether oxygens (including phenoxy) is 3. The maximum atomic E-state index is 14.3. The molecule has 39 heavy (non-hydrogen) atoms. The molecule has 6 nitrogen and oxygen atoms in total. The lowest BCUT2D eigenvalue weighted by Gasteiger charge is -2.53. The zero-order valence-corrected chi connectivity index (χ0v) is 22.4. The van der Waals surface area contributed by atoms with Crippen LogP contribution in [0.1, 0.15) is 30.5 Å². The second-order valence-corrected chi connectivity index (χ2v) is 9.35. The van der Waals surface area contributed by atoms with E-state index < -0.39 is 17.5 Å². The van der Waals surface area contributed by atoms with E-state index in [0.717, 1.165) is 27.8 Å². The number of hydrogen-bond donors (Lipinski definition) is 0. The molecule has 1 heterocycles. The van der Waals surface area contributed by atoms with Gasteiger partial charge in [0.25, 0.3) is 0 Å². The van der Waals surface area contributed by atoms with E-state index in [4.69, 9.17) is 14.2 Å². The highest BCUT2D eigenvalue weighted by Crippen LogP contribution is 2.57. The number of rotatable bonds is 8. The molecule has 5 rings (SSSR count). The Morgan fingerprint density at radius 3 is 1.79 bits per heavy atom. The molecule has 1 aliphatic heterocycles. The van der Waals surface area contributed by atoms with Crippen molar-refractivity contribution in [1.29, 1.82) is 0 Å². The molecular weight excluding hydrogens is 490 g/mol. The molecule has 0 spiro atoms. The van der Waals surface area contributed by atoms with E-state index in [-0.39, 0.29) is 13.2 Å². The van der Waals surface area contributed by atoms with E-state index in [1.165, 1.54) is 0 Å². The minimum atomic E-state index is -1.46. The molecule has 0 saturated carbocycles. The second kappa shape index (κ2) is 11.8. The van der Waals surface area contributed by atoms with Crippen LogP contribution in [0.3, 0.4) is 0 Å². The Kier molecular flexibility index (Phi) is 8.05. The van der Waals surface area contributed by atoms with Crippen LogP contribution in [0.4, 0.5) is 0 Å². The maximum absolute atomic E-state index is 14.3. The number of carbonyl (C=O) groups is 2. The number of benzene rings is 3. The number of nitrogens with zero attached hydrogens (tertiary/aromatic N) is 1. The summed E-state index contributed by atoms with van der Waals surface area (Å²) in [5.74, 6) is -0.992. The molecule has 0 aromatic heterocycles. The number of esters is 2. The van der Waals surface area contributed by atoms with Gasteiger partial charge in [-0.15, -0.1) is 0 Å². The first-order valence-electron chi connectivity index (χ1n) is 13.5. The molecule has 6 heteroatoms. The van der Waals surface area contributed by atoms with Crippen molar-refractivity contribution in [2.24, 2.45) is 0 Å². The van der Waals surface area contributed by atoms with Crippen LogP contribution in [0.25, 0.3) is 11.1 Å². The van der Waals surface area contributed by atoms with Crippen LogP contribution < -0.4 is 0 Å². The highest BCUT2D eigenvalue weighted by molar-refractivity contribution is 6.24. The standard InChI is InChI=1S/C33H33NO5/c1-3-38-31(35)30-28(26-18-12-7-13-19-26)29(33(30,32(36)39-4-2)34-20-22-37-23-21-34)27(24-14-8-5-9-15-24)25-16-10-6-11-17-25/h5-19H,3-4,20-23H2,1-2H3. The average Bonchev–Trinajstić information content (AvgIpc) is 2.97. The van der Waals surface area contributed by atoms with Gasteiger partial charge in [-0.25, -0.2) is 9.59 Å². The minimum absolute atomic E-state index is 0.182. The predicted octanol–water partition coefficient (Wildman–Crippen LogP) is 5.15. The molecule has 0 N–H and O–H groups in total. The summed E-state index contributed by atoms with van der Waals surface area (Å²) in [5.41, 5.74) is 3.91. The average molecular weight is 524 g/mol. The van der Waals surface area contributed by atoms with Crippen molar-refractivity contribution >= 4 is 23.1 Å². The molecule has 0 amide bonds. The Morgan fingerprint density at radius 1 is 0.769 bits per heavy atom. The normalized spacial score (nSPS) is 19.3. The summed E-state index contributed by atoms with van der Waals surface area (Å²) < 4.78 is 17.1. The van der Waals surface area contributed by atoms with E-state index >= 15 is 0 Å². The fraction of sp³-hybridized carbons (Fsp3) is 0.273. The lowest BCUT2D eigenvalue weighted by Crippen LogP contribution is -2.66. The SMILES string of the molecule is CCOC(=O)C1=C(c2ccccc2)C(=C(c2ccccc2)c2ccccc2)C1(C(=O)OCC)N1CCOCC1. The monoisotopic (exact) mass is 523 g/mol. The molecule has 1 unspecified atom stereocenters. The van der Waals surface area contributed by atoms with Crippen LogP contribution in [0.2, 0.25) is 0 Å². The zero-order chi connectivity index (χ0) is 27.2. The van der Waals surface area contributed by atoms with E-state index in [0.29, 0.717) is 37.4 Å². The Bertz CT molecular complexity index is 1330. The first-order valence-corrected chi connectivity index (χ1v) is 13.5. The van der Waals surface area contributed by atoms with Gasteiger partial charge in [0.05, 0.1) is 32.0 Å². The maximum Gasteiger partial charge on any atom is 0.337 e. The van der Waals surface area contributed by atoms with E-state index in [1.54, 1.807) is 13.8 Å². The first kappa shape index (κ1) is 26.6. The third-order valence-electron chi connectivity index (χ3n) is 7.20. The van der Waals surface area contributed by atoms with Crippen LogP contribution in [0, 0.1) is 0 Å². The summed E-state index contributed by atoms with van der Waals surface area (Å²) in [6.45, 7) is 5.74. The first-order chi connectivity index (χ1) is 19.1. The molecule has 3 aromatic rings. The van der Waals surface area contributed by atoms with Crippen molar-refractivity contribution in [3.05, 3.63) is 119 Å². The highest BCUT2D eigenvalue weighted by atomic mass is 16.5. The fourth-order valence-corrected chi connectivity index (χ4v) is 5.65. The predicted molar refractivity (Wildman–Crippen MR) is 151 cm³/mol. The van der Waals surface area contributed by atoms with Gasteiger partial charge in [-0.05, 0) is 36.1 Å². The minimum Gasteiger partial charge on any atom is -0.464 e. The van der Waals surface area contributed by atoms with E-state index in [1.807, 2.05) is 95.9 Å². The quantitative estimate of drug-likeness (QED) is 0.381. The van der Waals surface area contributed by atoms with Crippen LogP contribution in [-0.2, 0) is 23.8 Å². The van der Waals surface area contributed by atoms with Crippen molar-refractivity contribution in [3.8, 4) is 0 Å². The van der Waals surface area contributed by atoms with Gasteiger partial charge < -0.3 is 14.2 Å². The van der Waals surface area contributed by atoms with Gasteiger partial charge in [-0.1, -0.05) is 91.0 Å². The third-order valence-corrected chi connectivity index (χ3v) is 7.20. The molecule has 200 valence electrons. The summed E-state index contributed by atoms with van der Waals surface area (Å²) >= 11 is 0. The molecule has 1 aliphatic carbocycles. The van der Waals surface area contributed by atoms with Crippen molar-refractivity contribution in [3.63, 3.8) is 0 Å². The summed E-state index contributed by atoms with van der Waals surface area (Å²) in [4.78, 5) is 30.2. The molecule has 0 bridgehead atoms. The molecule has 1 saturated heterocycles. The Hall–Kier alpha value is -4.00. The van der Waals surface area contributed by atoms with Crippen molar-refractivity contribution in [2.45, 2.75) is 19.4 Å². The molecular formula is C33H33NO5. The summed E-state index contributed by atoms with van der Waals surface area (Å²) in [5, 5.41) is 0. The second-order valence-electron chi connectivity index (χ2n) is 9.35. The summed E-state index contributed by atoms with van der Waals surface area (Å²) in [6, 6.07) is 29.8. The smallest absolute Gasteiger partial charge is 0.337 e. The molecule has 0 radical (unpaired) electrons. The van der Waals surface area contributed by atoms with Gasteiger partial charge in [0, 0.05) is 24.2 Å². The van der Waals surface area contributed by atoms with Gasteiger partial charge in [0.15, 0.2) is 5.54 Å². The molecule has 3 aromatic carbocycles. The number of hydrogen-bond acceptors (Lipinski definition) is 6. The van der Waals surface area contributed by atoms with Gasteiger partial charge in [0.2, 0.25) is 0 Å². The topological polar surface area (TPSA) is 65.1 Å². The Balaban J connectivity index is 1.96. The van der Waals surface area contributed by atoms with Gasteiger partial charge in [0.1, 0.15) is 0 Å². The van der Waals surface area contributed by atoms with Crippen LogP contribution in [0.5, 0.6) is 0 Å². The van der Waals surface area contributed by atoms with Gasteiger partial charge >= 0.3 is 11.9 Å². The molecule has 1 atom stereocenters. The zero-order valence-electron chi connectivity index (χ0n) is 22.4. The van der Waals surface area contributed by atoms with Crippen molar-refractivity contribution < 1.29 is 23.8 Å². The third kappa shape index (κ3) is 4.71. The Labute approximate surface area is 229 Å². The Morgan fingerprint density at radius 2 is 1.28 bits per heavy atom. The number of carbonyl (C=O) groups excluding carboxylic acids is 2. The van der Waals surface area contributed by atoms with Crippen LogP contribution >= 0.6 is 0 Å². The van der Waals surface area contributed by atoms with E-state index in [9.17, 15) is 9.59 Å². The largest absolute Gasteiger partial charge is 0.464 e. The molecule has 1 fully saturated rings. The summed E-state index contributed by atoms with van der Waals surface area (Å²) in [6.07, 6.45) is 0. The van der Waals surface area contributed by atoms with Gasteiger partial charge in [-0.2, -0.15) is 0 Å². The van der Waals surface area contributed by atoms with Crippen LogP contribution in [0.15, 0.2) is 102 Å². The van der Waals surface area contributed by atoms with E-state index in [2.05, 4.69) is 0 Å². The van der Waals surface area contributed by atoms with Gasteiger partial charge in [-0.3, -0.25) is 4.90 Å². The lowest BCUT2D eigenvalue weighted by molar-refractivity contribution is -0.159. The lowest BCUT2D eigenvalue weighted by atomic mass is 9.59. The highest BCUT2D eigenvalue weighted by Gasteiger charge is 2.64. The number of morpholine rings is 1. The molecule has 2 aliphatic rings. The van der Waals surface area contributed by atoms with Crippen molar-refractivity contribution in [2.75, 3.05) is 39.5 Å². The van der Waals surface area contributed by atoms with Crippen LogP contribution in [-0.4, -0.2) is 61.9 Å². The summed E-state index contributed by atoms with van der Waals surface area (Å²) in [7, 11) is 0.